The van der Waals surface area contributed by atoms with Gasteiger partial charge in [-0.3, -0.25) is 14.7 Å². The van der Waals surface area contributed by atoms with Crippen LogP contribution in [0.25, 0.3) is 5.69 Å². The third-order valence-corrected chi connectivity index (χ3v) is 2.82. The molecule has 2 N–H and O–H groups in total. The molecule has 0 amide bonds. The van der Waals surface area contributed by atoms with Crippen molar-refractivity contribution in [1.29, 1.82) is 0 Å². The van der Waals surface area contributed by atoms with Gasteiger partial charge in [0.15, 0.2) is 11.4 Å². The first-order valence-electron chi connectivity index (χ1n) is 5.73. The van der Waals surface area contributed by atoms with Crippen molar-refractivity contribution in [2.75, 3.05) is 20.0 Å². The first-order valence-corrected chi connectivity index (χ1v) is 5.73. The van der Waals surface area contributed by atoms with E-state index in [2.05, 4.69) is 9.72 Å². The van der Waals surface area contributed by atoms with Crippen molar-refractivity contribution in [3.8, 4) is 11.4 Å². The Morgan fingerprint density at radius 2 is 2.14 bits per heavy atom. The molecule has 0 saturated carbocycles. The van der Waals surface area contributed by atoms with Crippen molar-refractivity contribution in [3.63, 3.8) is 0 Å². The number of nitro benzene ring substituents is 1. The van der Waals surface area contributed by atoms with E-state index in [4.69, 9.17) is 10.5 Å². The van der Waals surface area contributed by atoms with Crippen molar-refractivity contribution in [2.24, 2.45) is 0 Å². The molecule has 0 aliphatic heterocycles. The number of hydrogen-bond acceptors (Lipinski definition) is 7. The molecule has 0 aliphatic carbocycles. The number of nitrogens with zero attached hydrogens (tertiary/aromatic N) is 3. The van der Waals surface area contributed by atoms with Gasteiger partial charge in [-0.15, -0.1) is 0 Å². The van der Waals surface area contributed by atoms with Gasteiger partial charge in [0.1, 0.15) is 12.1 Å². The number of ether oxygens (including phenoxy) is 2. The minimum atomic E-state index is -0.686. The maximum absolute atomic E-state index is 11.4. The first-order chi connectivity index (χ1) is 9.99. The van der Waals surface area contributed by atoms with E-state index >= 15 is 0 Å². The summed E-state index contributed by atoms with van der Waals surface area (Å²) in [6.07, 6.45) is 1.28. The zero-order valence-electron chi connectivity index (χ0n) is 11.3. The van der Waals surface area contributed by atoms with Gasteiger partial charge in [0.2, 0.25) is 0 Å². The SMILES string of the molecule is COC(=O)c1ncn(-c2ccc(OC)c([N+](=O)[O-])c2)c1N. The number of esters is 1. The second-order valence-corrected chi connectivity index (χ2v) is 3.95. The number of aromatic nitrogens is 2. The Bertz CT molecular complexity index is 710. The number of anilines is 1. The molecule has 0 fully saturated rings. The Morgan fingerprint density at radius 1 is 1.43 bits per heavy atom. The highest BCUT2D eigenvalue weighted by Gasteiger charge is 2.20. The van der Waals surface area contributed by atoms with Crippen LogP contribution in [-0.4, -0.2) is 34.7 Å². The number of carbonyl (C=O) groups is 1. The lowest BCUT2D eigenvalue weighted by Crippen LogP contribution is -2.07. The third kappa shape index (κ3) is 2.48. The summed E-state index contributed by atoms with van der Waals surface area (Å²) in [5.41, 5.74) is 5.91. The van der Waals surface area contributed by atoms with E-state index in [9.17, 15) is 14.9 Å². The Labute approximate surface area is 119 Å². The Hall–Kier alpha value is -3.10. The van der Waals surface area contributed by atoms with Crippen LogP contribution in [0.15, 0.2) is 24.5 Å². The normalized spacial score (nSPS) is 10.2. The molecule has 0 unspecified atom stereocenters. The van der Waals surface area contributed by atoms with E-state index in [1.54, 1.807) is 6.07 Å². The van der Waals surface area contributed by atoms with Gasteiger partial charge in [-0.1, -0.05) is 0 Å². The number of carbonyl (C=O) groups excluding carboxylic acids is 1. The van der Waals surface area contributed by atoms with Crippen molar-refractivity contribution in [3.05, 3.63) is 40.3 Å². The van der Waals surface area contributed by atoms with Gasteiger partial charge < -0.3 is 15.2 Å². The van der Waals surface area contributed by atoms with Gasteiger partial charge in [0, 0.05) is 6.07 Å². The van der Waals surface area contributed by atoms with E-state index in [-0.39, 0.29) is 22.9 Å². The Balaban J connectivity index is 2.53. The highest BCUT2D eigenvalue weighted by atomic mass is 16.6. The number of nitro groups is 1. The van der Waals surface area contributed by atoms with Crippen LogP contribution in [0.2, 0.25) is 0 Å². The van der Waals surface area contributed by atoms with Crippen molar-refractivity contribution < 1.29 is 19.2 Å². The minimum absolute atomic E-state index is 0.0290. The lowest BCUT2D eigenvalue weighted by atomic mass is 10.2. The summed E-state index contributed by atoms with van der Waals surface area (Å²) in [6.45, 7) is 0. The van der Waals surface area contributed by atoms with Gasteiger partial charge in [0.05, 0.1) is 24.8 Å². The molecule has 21 heavy (non-hydrogen) atoms. The summed E-state index contributed by atoms with van der Waals surface area (Å²) in [6, 6.07) is 4.27. The molecule has 0 aliphatic rings. The van der Waals surface area contributed by atoms with Gasteiger partial charge >= 0.3 is 11.7 Å². The third-order valence-electron chi connectivity index (χ3n) is 2.82. The second kappa shape index (κ2) is 5.49. The Kier molecular flexibility index (Phi) is 3.74. The predicted octanol–water partition coefficient (Wildman–Crippen LogP) is 1.16. The molecule has 0 bridgehead atoms. The van der Waals surface area contributed by atoms with Gasteiger partial charge in [-0.05, 0) is 12.1 Å². The fraction of sp³-hybridized carbons (Fsp3) is 0.167. The molecule has 0 spiro atoms. The highest BCUT2D eigenvalue weighted by molar-refractivity contribution is 5.92. The number of benzene rings is 1. The molecule has 1 heterocycles. The topological polar surface area (TPSA) is 123 Å². The van der Waals surface area contributed by atoms with Crippen LogP contribution >= 0.6 is 0 Å². The minimum Gasteiger partial charge on any atom is -0.490 e. The smallest absolute Gasteiger partial charge is 0.360 e. The predicted molar refractivity (Wildman–Crippen MR) is 72.5 cm³/mol. The highest BCUT2D eigenvalue weighted by Crippen LogP contribution is 2.30. The van der Waals surface area contributed by atoms with Crippen LogP contribution in [0.5, 0.6) is 5.75 Å². The molecule has 2 aromatic rings. The quantitative estimate of drug-likeness (QED) is 0.509. The van der Waals surface area contributed by atoms with Crippen LogP contribution in [0.1, 0.15) is 10.5 Å². The molecular formula is C12H12N4O5. The van der Waals surface area contributed by atoms with E-state index in [1.165, 1.54) is 37.2 Å². The fourth-order valence-electron chi connectivity index (χ4n) is 1.79. The molecule has 1 aromatic carbocycles. The lowest BCUT2D eigenvalue weighted by molar-refractivity contribution is -0.385. The lowest BCUT2D eigenvalue weighted by Gasteiger charge is -2.07. The standard InChI is InChI=1S/C12H12N4O5/c1-20-9-4-3-7(5-8(9)16(18)19)15-6-14-10(11(15)13)12(17)21-2/h3-6H,13H2,1-2H3. The molecule has 9 nitrogen and oxygen atoms in total. The number of nitrogens with two attached hydrogens (primary N) is 1. The van der Waals surface area contributed by atoms with Gasteiger partial charge in [0.25, 0.3) is 0 Å². The van der Waals surface area contributed by atoms with Crippen LogP contribution in [0.4, 0.5) is 11.5 Å². The number of nitrogen functional groups attached to an aromatic ring is 1. The molecule has 0 atom stereocenters. The summed E-state index contributed by atoms with van der Waals surface area (Å²) in [5.74, 6) is -0.536. The maximum atomic E-state index is 11.4. The van der Waals surface area contributed by atoms with E-state index in [0.29, 0.717) is 5.69 Å². The van der Waals surface area contributed by atoms with E-state index < -0.39 is 10.9 Å². The molecule has 110 valence electrons. The summed E-state index contributed by atoms with van der Waals surface area (Å²) in [4.78, 5) is 25.7. The number of methoxy groups -OCH3 is 2. The summed E-state index contributed by atoms with van der Waals surface area (Å²) in [5, 5.41) is 11.0. The summed E-state index contributed by atoms with van der Waals surface area (Å²) < 4.78 is 10.8. The number of hydrogen-bond donors (Lipinski definition) is 1. The maximum Gasteiger partial charge on any atom is 0.360 e. The van der Waals surface area contributed by atoms with Crippen LogP contribution in [0, 0.1) is 10.1 Å². The van der Waals surface area contributed by atoms with E-state index in [1.807, 2.05) is 0 Å². The first kappa shape index (κ1) is 14.3. The summed E-state index contributed by atoms with van der Waals surface area (Å²) in [7, 11) is 2.54. The Morgan fingerprint density at radius 3 is 2.71 bits per heavy atom. The molecule has 2 rings (SSSR count). The average Bonchev–Trinajstić information content (AvgIpc) is 2.87. The van der Waals surface area contributed by atoms with Crippen LogP contribution < -0.4 is 10.5 Å². The number of rotatable bonds is 4. The van der Waals surface area contributed by atoms with Gasteiger partial charge in [-0.25, -0.2) is 9.78 Å². The van der Waals surface area contributed by atoms with Crippen LogP contribution in [0.3, 0.4) is 0 Å². The van der Waals surface area contributed by atoms with Crippen molar-refractivity contribution in [1.82, 2.24) is 9.55 Å². The molecule has 0 saturated heterocycles. The van der Waals surface area contributed by atoms with Crippen molar-refractivity contribution in [2.45, 2.75) is 0 Å². The van der Waals surface area contributed by atoms with Gasteiger partial charge in [-0.2, -0.15) is 0 Å². The van der Waals surface area contributed by atoms with E-state index in [0.717, 1.165) is 0 Å². The average molecular weight is 292 g/mol. The molecule has 9 heteroatoms. The number of imidazole rings is 1. The zero-order chi connectivity index (χ0) is 15.6. The molecular weight excluding hydrogens is 280 g/mol. The van der Waals surface area contributed by atoms with Crippen LogP contribution in [-0.2, 0) is 4.74 Å². The van der Waals surface area contributed by atoms with Crippen molar-refractivity contribution >= 4 is 17.5 Å². The summed E-state index contributed by atoms with van der Waals surface area (Å²) >= 11 is 0. The monoisotopic (exact) mass is 292 g/mol. The second-order valence-electron chi connectivity index (χ2n) is 3.95. The fourth-order valence-corrected chi connectivity index (χ4v) is 1.79. The molecule has 1 aromatic heterocycles. The largest absolute Gasteiger partial charge is 0.490 e. The molecule has 0 radical (unpaired) electrons. The zero-order valence-corrected chi connectivity index (χ0v) is 11.3.